The number of nitrogens with zero attached hydrogens (tertiary/aromatic N) is 3. The summed E-state index contributed by atoms with van der Waals surface area (Å²) in [5, 5.41) is 0. The minimum Gasteiger partial charge on any atom is -0.491 e. The van der Waals surface area contributed by atoms with E-state index in [2.05, 4.69) is 72.8 Å². The first-order valence-electron chi connectivity index (χ1n) is 10.7. The smallest absolute Gasteiger partial charge is 0.142 e. The van der Waals surface area contributed by atoms with Crippen molar-refractivity contribution >= 4 is 11.4 Å². The molecular weight excluding hydrogens is 370 g/mol. The summed E-state index contributed by atoms with van der Waals surface area (Å²) in [6.45, 7) is 12.3. The van der Waals surface area contributed by atoms with Crippen molar-refractivity contribution in [1.82, 2.24) is 4.98 Å². The molecule has 4 heteroatoms. The van der Waals surface area contributed by atoms with Crippen LogP contribution in [0.2, 0.25) is 0 Å². The average Bonchev–Trinajstić information content (AvgIpc) is 3.17. The first-order valence-corrected chi connectivity index (χ1v) is 10.7. The monoisotopic (exact) mass is 401 g/mol. The van der Waals surface area contributed by atoms with Gasteiger partial charge in [0.15, 0.2) is 0 Å². The lowest BCUT2D eigenvalue weighted by molar-refractivity contribution is 0.321. The van der Waals surface area contributed by atoms with Crippen molar-refractivity contribution in [3.05, 3.63) is 82.7 Å². The summed E-state index contributed by atoms with van der Waals surface area (Å²) in [6, 6.07) is 16.9. The molecule has 0 spiro atoms. The van der Waals surface area contributed by atoms with Crippen molar-refractivity contribution < 1.29 is 4.74 Å². The van der Waals surface area contributed by atoms with Crippen molar-refractivity contribution in [2.75, 3.05) is 36.2 Å². The van der Waals surface area contributed by atoms with Crippen molar-refractivity contribution in [3.8, 4) is 5.75 Å². The predicted molar refractivity (Wildman–Crippen MR) is 125 cm³/mol. The molecule has 0 radical (unpaired) electrons. The molecule has 4 rings (SSSR count). The van der Waals surface area contributed by atoms with Gasteiger partial charge in [-0.3, -0.25) is 4.98 Å². The van der Waals surface area contributed by atoms with E-state index in [1.807, 2.05) is 24.4 Å². The Morgan fingerprint density at radius 2 is 1.57 bits per heavy atom. The Morgan fingerprint density at radius 1 is 0.833 bits per heavy atom. The highest BCUT2D eigenvalue weighted by Crippen LogP contribution is 2.36. The SMILES string of the molecule is Cc1cc(C)c(N2CCN(c3c(C)cccc3OCCc3ccccn3)C2)c(C)c1. The Morgan fingerprint density at radius 3 is 2.27 bits per heavy atom. The van der Waals surface area contributed by atoms with E-state index in [1.165, 1.54) is 33.6 Å². The second-order valence-corrected chi connectivity index (χ2v) is 8.26. The van der Waals surface area contributed by atoms with Crippen molar-refractivity contribution in [2.24, 2.45) is 0 Å². The van der Waals surface area contributed by atoms with Crippen LogP contribution in [0, 0.1) is 27.7 Å². The molecule has 1 aromatic heterocycles. The Hall–Kier alpha value is -3.01. The molecule has 30 heavy (non-hydrogen) atoms. The number of rotatable bonds is 6. The Kier molecular flexibility index (Phi) is 5.93. The van der Waals surface area contributed by atoms with Gasteiger partial charge in [0.2, 0.25) is 0 Å². The maximum absolute atomic E-state index is 6.24. The van der Waals surface area contributed by atoms with Gasteiger partial charge in [0.25, 0.3) is 0 Å². The molecule has 0 bridgehead atoms. The van der Waals surface area contributed by atoms with Gasteiger partial charge in [-0.05, 0) is 62.6 Å². The first-order chi connectivity index (χ1) is 14.5. The number of aromatic nitrogens is 1. The van der Waals surface area contributed by atoms with Crippen LogP contribution >= 0.6 is 0 Å². The lowest BCUT2D eigenvalue weighted by Crippen LogP contribution is -2.27. The van der Waals surface area contributed by atoms with Crippen LogP contribution in [0.15, 0.2) is 54.7 Å². The number of hydrogen-bond donors (Lipinski definition) is 0. The lowest BCUT2D eigenvalue weighted by atomic mass is 10.0. The summed E-state index contributed by atoms with van der Waals surface area (Å²) in [6.07, 6.45) is 2.64. The molecule has 156 valence electrons. The third kappa shape index (κ3) is 4.28. The van der Waals surface area contributed by atoms with Gasteiger partial charge in [-0.2, -0.15) is 0 Å². The predicted octanol–water partition coefficient (Wildman–Crippen LogP) is 5.22. The molecule has 0 aliphatic carbocycles. The molecule has 0 unspecified atom stereocenters. The van der Waals surface area contributed by atoms with Crippen LogP contribution in [0.25, 0.3) is 0 Å². The quantitative estimate of drug-likeness (QED) is 0.566. The summed E-state index contributed by atoms with van der Waals surface area (Å²) in [4.78, 5) is 9.34. The largest absolute Gasteiger partial charge is 0.491 e. The molecule has 2 aromatic carbocycles. The average molecular weight is 402 g/mol. The van der Waals surface area contributed by atoms with E-state index < -0.39 is 0 Å². The highest BCUT2D eigenvalue weighted by atomic mass is 16.5. The number of para-hydroxylation sites is 1. The van der Waals surface area contributed by atoms with Crippen molar-refractivity contribution in [1.29, 1.82) is 0 Å². The summed E-state index contributed by atoms with van der Waals surface area (Å²) in [5.74, 6) is 0.963. The maximum atomic E-state index is 6.24. The summed E-state index contributed by atoms with van der Waals surface area (Å²) >= 11 is 0. The zero-order valence-electron chi connectivity index (χ0n) is 18.5. The van der Waals surface area contributed by atoms with Crippen LogP contribution < -0.4 is 14.5 Å². The molecular formula is C26H31N3O. The minimum absolute atomic E-state index is 0.626. The highest BCUT2D eigenvalue weighted by molar-refractivity contribution is 5.68. The van der Waals surface area contributed by atoms with Gasteiger partial charge >= 0.3 is 0 Å². The molecule has 1 aliphatic heterocycles. The summed E-state index contributed by atoms with van der Waals surface area (Å²) in [5.41, 5.74) is 8.93. The molecule has 0 amide bonds. The molecule has 1 fully saturated rings. The zero-order valence-corrected chi connectivity index (χ0v) is 18.5. The molecule has 0 saturated carbocycles. The normalized spacial score (nSPS) is 13.7. The molecule has 1 saturated heterocycles. The van der Waals surface area contributed by atoms with Gasteiger partial charge in [-0.1, -0.05) is 35.9 Å². The molecule has 0 N–H and O–H groups in total. The number of aryl methyl sites for hydroxylation is 4. The van der Waals surface area contributed by atoms with Crippen LogP contribution in [0.5, 0.6) is 5.75 Å². The number of benzene rings is 2. The van der Waals surface area contributed by atoms with Gasteiger partial charge in [-0.15, -0.1) is 0 Å². The fraction of sp³-hybridized carbons (Fsp3) is 0.346. The molecule has 1 aliphatic rings. The van der Waals surface area contributed by atoms with Gasteiger partial charge < -0.3 is 14.5 Å². The van der Waals surface area contributed by atoms with Gasteiger partial charge in [0.1, 0.15) is 5.75 Å². The van der Waals surface area contributed by atoms with E-state index in [0.717, 1.165) is 37.6 Å². The second-order valence-electron chi connectivity index (χ2n) is 8.26. The van der Waals surface area contributed by atoms with Crippen LogP contribution in [0.1, 0.15) is 27.9 Å². The second kappa shape index (κ2) is 8.78. The van der Waals surface area contributed by atoms with E-state index in [0.29, 0.717) is 6.61 Å². The fourth-order valence-electron chi connectivity index (χ4n) is 4.59. The third-order valence-electron chi connectivity index (χ3n) is 5.79. The Bertz CT molecular complexity index is 993. The Balaban J connectivity index is 1.50. The number of anilines is 2. The van der Waals surface area contributed by atoms with E-state index >= 15 is 0 Å². The molecule has 0 atom stereocenters. The van der Waals surface area contributed by atoms with Crippen LogP contribution in [0.4, 0.5) is 11.4 Å². The van der Waals surface area contributed by atoms with Crippen molar-refractivity contribution in [2.45, 2.75) is 34.1 Å². The fourth-order valence-corrected chi connectivity index (χ4v) is 4.59. The Labute approximate surface area is 180 Å². The maximum Gasteiger partial charge on any atom is 0.142 e. The van der Waals surface area contributed by atoms with Crippen LogP contribution in [-0.2, 0) is 6.42 Å². The third-order valence-corrected chi connectivity index (χ3v) is 5.79. The number of hydrogen-bond acceptors (Lipinski definition) is 4. The van der Waals surface area contributed by atoms with E-state index in [4.69, 9.17) is 4.74 Å². The zero-order chi connectivity index (χ0) is 21.1. The first kappa shape index (κ1) is 20.3. The summed E-state index contributed by atoms with van der Waals surface area (Å²) in [7, 11) is 0. The lowest BCUT2D eigenvalue weighted by Gasteiger charge is -2.27. The highest BCUT2D eigenvalue weighted by Gasteiger charge is 2.26. The van der Waals surface area contributed by atoms with Crippen molar-refractivity contribution in [3.63, 3.8) is 0 Å². The van der Waals surface area contributed by atoms with E-state index in [1.54, 1.807) is 0 Å². The summed E-state index contributed by atoms with van der Waals surface area (Å²) < 4.78 is 6.24. The van der Waals surface area contributed by atoms with Gasteiger partial charge in [0.05, 0.1) is 19.0 Å². The molecule has 4 nitrogen and oxygen atoms in total. The molecule has 3 aromatic rings. The van der Waals surface area contributed by atoms with Gasteiger partial charge in [-0.25, -0.2) is 0 Å². The van der Waals surface area contributed by atoms with E-state index in [9.17, 15) is 0 Å². The van der Waals surface area contributed by atoms with Gasteiger partial charge in [0, 0.05) is 37.1 Å². The topological polar surface area (TPSA) is 28.6 Å². The molecule has 2 heterocycles. The number of ether oxygens (including phenoxy) is 1. The number of pyridine rings is 1. The standard InChI is InChI=1S/C26H31N3O/c1-19-16-21(3)25(22(4)17-19)28-13-14-29(18-28)26-20(2)8-7-10-24(26)30-15-11-23-9-5-6-12-27-23/h5-10,12,16-17H,11,13-15,18H2,1-4H3. The minimum atomic E-state index is 0.626. The van der Waals surface area contributed by atoms with Crippen LogP contribution in [0.3, 0.4) is 0 Å². The van der Waals surface area contributed by atoms with Crippen LogP contribution in [-0.4, -0.2) is 31.3 Å². The van der Waals surface area contributed by atoms with E-state index in [-0.39, 0.29) is 0 Å².